The van der Waals surface area contributed by atoms with Gasteiger partial charge in [0.05, 0.1) is 6.61 Å². The van der Waals surface area contributed by atoms with Gasteiger partial charge in [0.1, 0.15) is 0 Å². The molecule has 0 aromatic carbocycles. The van der Waals surface area contributed by atoms with Crippen molar-refractivity contribution in [2.45, 2.75) is 20.8 Å². The number of rotatable bonds is 3. The summed E-state index contributed by atoms with van der Waals surface area (Å²) < 4.78 is 4.40. The van der Waals surface area contributed by atoms with Crippen molar-refractivity contribution in [3.63, 3.8) is 0 Å². The molecule has 0 aliphatic heterocycles. The van der Waals surface area contributed by atoms with Crippen molar-refractivity contribution in [2.75, 3.05) is 6.61 Å². The summed E-state index contributed by atoms with van der Waals surface area (Å²) in [5, 5.41) is 8.02. The van der Waals surface area contributed by atoms with Crippen molar-refractivity contribution >= 4 is 11.9 Å². The molecule has 0 radical (unpaired) electrons. The summed E-state index contributed by atoms with van der Waals surface area (Å²) in [6, 6.07) is 0. The fourth-order valence-electron chi connectivity index (χ4n) is 0.452. The second-order valence-electron chi connectivity index (χ2n) is 2.15. The lowest BCUT2D eigenvalue weighted by Gasteiger charge is -1.89. The van der Waals surface area contributed by atoms with Gasteiger partial charge in [-0.3, -0.25) is 4.79 Å². The first-order valence-electron chi connectivity index (χ1n) is 4.20. The normalized spacial score (nSPS) is 9.64. The van der Waals surface area contributed by atoms with E-state index in [1.807, 2.05) is 6.92 Å². The lowest BCUT2D eigenvalue weighted by Crippen LogP contribution is -1.95. The minimum atomic E-state index is -0.914. The van der Waals surface area contributed by atoms with Crippen molar-refractivity contribution in [2.24, 2.45) is 0 Å². The Hall–Kier alpha value is -1.58. The van der Waals surface area contributed by atoms with E-state index in [2.05, 4.69) is 4.74 Å². The van der Waals surface area contributed by atoms with Crippen LogP contribution in [-0.4, -0.2) is 23.7 Å². The van der Waals surface area contributed by atoms with Gasteiger partial charge in [0, 0.05) is 13.0 Å². The standard InChI is InChI=1S/C6H8O2.C4H8O2/c1-2-3-4-5-6(7)8;1-3-6-4(2)5/h2-5H,1H3,(H,7,8);3H2,1-2H3/b3-2+,5-4+;. The molecule has 4 heteroatoms. The molecule has 14 heavy (non-hydrogen) atoms. The molecule has 0 heterocycles. The molecule has 0 aromatic rings. The number of carbonyl (C=O) groups excluding carboxylic acids is 1. The maximum Gasteiger partial charge on any atom is 0.328 e. The predicted molar refractivity (Wildman–Crippen MR) is 53.9 cm³/mol. The smallest absolute Gasteiger partial charge is 0.328 e. The monoisotopic (exact) mass is 200 g/mol. The van der Waals surface area contributed by atoms with Crippen LogP contribution >= 0.6 is 0 Å². The summed E-state index contributed by atoms with van der Waals surface area (Å²) >= 11 is 0. The first-order valence-corrected chi connectivity index (χ1v) is 4.20. The van der Waals surface area contributed by atoms with E-state index in [9.17, 15) is 9.59 Å². The number of carboxylic acid groups (broad SMARTS) is 1. The molecule has 0 atom stereocenters. The topological polar surface area (TPSA) is 63.6 Å². The average Bonchev–Trinajstić information content (AvgIpc) is 2.05. The summed E-state index contributed by atoms with van der Waals surface area (Å²) in [5.74, 6) is -1.12. The lowest BCUT2D eigenvalue weighted by molar-refractivity contribution is -0.140. The zero-order valence-electron chi connectivity index (χ0n) is 8.69. The van der Waals surface area contributed by atoms with E-state index in [4.69, 9.17) is 5.11 Å². The number of allylic oxidation sites excluding steroid dienone is 3. The highest BCUT2D eigenvalue weighted by molar-refractivity contribution is 5.80. The van der Waals surface area contributed by atoms with E-state index < -0.39 is 5.97 Å². The van der Waals surface area contributed by atoms with E-state index in [0.717, 1.165) is 6.08 Å². The lowest BCUT2D eigenvalue weighted by atomic mass is 10.4. The minimum absolute atomic E-state index is 0.211. The zero-order chi connectivity index (χ0) is 11.4. The van der Waals surface area contributed by atoms with E-state index in [0.29, 0.717) is 6.61 Å². The molecule has 0 aliphatic rings. The van der Waals surface area contributed by atoms with Crippen molar-refractivity contribution in [3.8, 4) is 0 Å². The fraction of sp³-hybridized carbons (Fsp3) is 0.400. The average molecular weight is 200 g/mol. The number of esters is 1. The van der Waals surface area contributed by atoms with Gasteiger partial charge in [0.15, 0.2) is 0 Å². The highest BCUT2D eigenvalue weighted by Gasteiger charge is 1.81. The molecular formula is C10H16O4. The predicted octanol–water partition coefficient (Wildman–Crippen LogP) is 1.77. The molecule has 4 nitrogen and oxygen atoms in total. The molecule has 0 saturated carbocycles. The number of ether oxygens (including phenoxy) is 1. The van der Waals surface area contributed by atoms with Crippen LogP contribution in [0.3, 0.4) is 0 Å². The second-order valence-corrected chi connectivity index (χ2v) is 2.15. The molecular weight excluding hydrogens is 184 g/mol. The third-order valence-electron chi connectivity index (χ3n) is 0.890. The number of hydrogen-bond donors (Lipinski definition) is 1. The summed E-state index contributed by atoms with van der Waals surface area (Å²) in [4.78, 5) is 19.6. The Morgan fingerprint density at radius 1 is 1.36 bits per heavy atom. The molecule has 0 bridgehead atoms. The molecule has 0 spiro atoms. The largest absolute Gasteiger partial charge is 0.478 e. The number of carbonyl (C=O) groups is 2. The number of hydrogen-bond acceptors (Lipinski definition) is 3. The van der Waals surface area contributed by atoms with E-state index in [1.165, 1.54) is 13.0 Å². The van der Waals surface area contributed by atoms with E-state index >= 15 is 0 Å². The van der Waals surface area contributed by atoms with Crippen LogP contribution in [0.4, 0.5) is 0 Å². The van der Waals surface area contributed by atoms with Gasteiger partial charge < -0.3 is 9.84 Å². The molecule has 0 unspecified atom stereocenters. The minimum Gasteiger partial charge on any atom is -0.478 e. The second kappa shape index (κ2) is 11.4. The molecule has 0 aliphatic carbocycles. The van der Waals surface area contributed by atoms with Crippen molar-refractivity contribution < 1.29 is 19.4 Å². The van der Waals surface area contributed by atoms with Crippen molar-refractivity contribution in [1.29, 1.82) is 0 Å². The van der Waals surface area contributed by atoms with E-state index in [-0.39, 0.29) is 5.97 Å². The summed E-state index contributed by atoms with van der Waals surface area (Å²) in [6.07, 6.45) is 5.98. The van der Waals surface area contributed by atoms with Crippen LogP contribution in [0.15, 0.2) is 24.3 Å². The molecule has 80 valence electrons. The maximum atomic E-state index is 9.82. The summed E-state index contributed by atoms with van der Waals surface area (Å²) in [6.45, 7) is 5.48. The Kier molecular flexibility index (Phi) is 12.2. The Morgan fingerprint density at radius 3 is 2.14 bits per heavy atom. The van der Waals surface area contributed by atoms with Gasteiger partial charge >= 0.3 is 11.9 Å². The van der Waals surface area contributed by atoms with Gasteiger partial charge in [0.25, 0.3) is 0 Å². The Balaban J connectivity index is 0. The van der Waals surface area contributed by atoms with Crippen LogP contribution in [0.1, 0.15) is 20.8 Å². The number of carboxylic acids is 1. The first kappa shape index (κ1) is 14.9. The highest BCUT2D eigenvalue weighted by Crippen LogP contribution is 1.74. The van der Waals surface area contributed by atoms with Crippen LogP contribution in [0.2, 0.25) is 0 Å². The molecule has 0 rings (SSSR count). The van der Waals surface area contributed by atoms with Gasteiger partial charge in [-0.05, 0) is 13.8 Å². The third kappa shape index (κ3) is 22.4. The third-order valence-corrected chi connectivity index (χ3v) is 0.890. The highest BCUT2D eigenvalue weighted by atomic mass is 16.5. The zero-order valence-corrected chi connectivity index (χ0v) is 8.69. The van der Waals surface area contributed by atoms with Crippen LogP contribution in [0, 0.1) is 0 Å². The SMILES string of the molecule is C/C=C/C=C/C(=O)O.CCOC(C)=O. The first-order chi connectivity index (χ1) is 6.54. The Morgan fingerprint density at radius 2 is 1.93 bits per heavy atom. The quantitative estimate of drug-likeness (QED) is 0.428. The van der Waals surface area contributed by atoms with Gasteiger partial charge in [-0.25, -0.2) is 4.79 Å². The molecule has 0 saturated heterocycles. The number of aliphatic carboxylic acids is 1. The van der Waals surface area contributed by atoms with Crippen LogP contribution in [0.25, 0.3) is 0 Å². The van der Waals surface area contributed by atoms with Crippen molar-refractivity contribution in [3.05, 3.63) is 24.3 Å². The maximum absolute atomic E-state index is 9.82. The summed E-state index contributed by atoms with van der Waals surface area (Å²) in [7, 11) is 0. The van der Waals surface area contributed by atoms with Gasteiger partial charge in [-0.15, -0.1) is 0 Å². The van der Waals surface area contributed by atoms with Gasteiger partial charge in [-0.2, -0.15) is 0 Å². The van der Waals surface area contributed by atoms with Crippen LogP contribution < -0.4 is 0 Å². The molecule has 0 aromatic heterocycles. The summed E-state index contributed by atoms with van der Waals surface area (Å²) in [5.41, 5.74) is 0. The van der Waals surface area contributed by atoms with Crippen LogP contribution in [0.5, 0.6) is 0 Å². The Bertz CT molecular complexity index is 216. The molecule has 1 N–H and O–H groups in total. The van der Waals surface area contributed by atoms with Crippen LogP contribution in [-0.2, 0) is 14.3 Å². The van der Waals surface area contributed by atoms with Gasteiger partial charge in [-0.1, -0.05) is 18.2 Å². The Labute approximate surface area is 83.9 Å². The van der Waals surface area contributed by atoms with Gasteiger partial charge in [0.2, 0.25) is 0 Å². The fourth-order valence-corrected chi connectivity index (χ4v) is 0.452. The van der Waals surface area contributed by atoms with E-state index in [1.54, 1.807) is 19.1 Å². The molecule has 0 fully saturated rings. The molecule has 0 amide bonds. The van der Waals surface area contributed by atoms with Crippen molar-refractivity contribution in [1.82, 2.24) is 0 Å².